The molecule has 0 amide bonds. The number of aromatic nitrogens is 2. The summed E-state index contributed by atoms with van der Waals surface area (Å²) in [6.45, 7) is 6.69. The molecule has 166 valence electrons. The van der Waals surface area contributed by atoms with Crippen molar-refractivity contribution in [3.05, 3.63) is 33.9 Å². The predicted octanol–water partition coefficient (Wildman–Crippen LogP) is 2.13. The van der Waals surface area contributed by atoms with Crippen molar-refractivity contribution in [3.63, 3.8) is 0 Å². The highest BCUT2D eigenvalue weighted by Gasteiger charge is 2.33. The van der Waals surface area contributed by atoms with E-state index in [-0.39, 0.29) is 34.4 Å². The van der Waals surface area contributed by atoms with E-state index in [1.807, 2.05) is 20.8 Å². The number of hydrogen-bond acceptors (Lipinski definition) is 7. The summed E-state index contributed by atoms with van der Waals surface area (Å²) in [7, 11) is 0. The summed E-state index contributed by atoms with van der Waals surface area (Å²) in [6.07, 6.45) is 3.02. The largest absolute Gasteiger partial charge is 0.477 e. The highest BCUT2D eigenvalue weighted by molar-refractivity contribution is 5.95. The average Bonchev–Trinajstić information content (AvgIpc) is 3.45. The Morgan fingerprint density at radius 1 is 1.42 bits per heavy atom. The summed E-state index contributed by atoms with van der Waals surface area (Å²) in [5, 5.41) is 13.6. The SMILES string of the molecule is CC(C)(C)O/N=C1/CN(c2nc3c(cc2F)c(=O)c(C(=O)O)cn3C2CC2)CC1CN. The number of halogens is 1. The molecule has 3 N–H and O–H groups in total. The molecule has 1 saturated heterocycles. The summed E-state index contributed by atoms with van der Waals surface area (Å²) >= 11 is 0. The van der Waals surface area contributed by atoms with Crippen molar-refractivity contribution in [1.82, 2.24) is 9.55 Å². The second-order valence-corrected chi connectivity index (χ2v) is 9.08. The van der Waals surface area contributed by atoms with E-state index < -0.39 is 22.8 Å². The van der Waals surface area contributed by atoms with Crippen LogP contribution in [0.2, 0.25) is 0 Å². The van der Waals surface area contributed by atoms with Gasteiger partial charge in [0.1, 0.15) is 16.8 Å². The van der Waals surface area contributed by atoms with Gasteiger partial charge in [0.15, 0.2) is 11.6 Å². The zero-order valence-corrected chi connectivity index (χ0v) is 17.8. The molecule has 2 aromatic heterocycles. The van der Waals surface area contributed by atoms with Gasteiger partial charge in [0.25, 0.3) is 0 Å². The Morgan fingerprint density at radius 3 is 2.71 bits per heavy atom. The fourth-order valence-electron chi connectivity index (χ4n) is 3.67. The van der Waals surface area contributed by atoms with Crippen LogP contribution >= 0.6 is 0 Å². The average molecular weight is 431 g/mol. The number of rotatable bonds is 5. The molecule has 0 radical (unpaired) electrons. The van der Waals surface area contributed by atoms with E-state index in [2.05, 4.69) is 10.1 Å². The van der Waals surface area contributed by atoms with Crippen molar-refractivity contribution in [2.24, 2.45) is 16.8 Å². The van der Waals surface area contributed by atoms with Crippen LogP contribution in [0.5, 0.6) is 0 Å². The van der Waals surface area contributed by atoms with Crippen LogP contribution in [-0.2, 0) is 4.84 Å². The standard InChI is InChI=1S/C21H26FN5O4/c1-21(2,3)31-25-16-10-26(8-11(16)7-23)19-15(22)6-13-17(28)14(20(29)30)9-27(12-4-5-12)18(13)24-19/h6,9,11-12H,4-5,7-8,10,23H2,1-3H3,(H,29,30)/b25-16-. The van der Waals surface area contributed by atoms with Crippen molar-refractivity contribution in [1.29, 1.82) is 0 Å². The van der Waals surface area contributed by atoms with Crippen molar-refractivity contribution >= 4 is 28.5 Å². The molecule has 1 aliphatic carbocycles. The lowest BCUT2D eigenvalue weighted by Gasteiger charge is -2.19. The number of carboxylic acids is 1. The van der Waals surface area contributed by atoms with Crippen molar-refractivity contribution in [2.75, 3.05) is 24.5 Å². The number of pyridine rings is 2. The predicted molar refractivity (Wildman–Crippen MR) is 114 cm³/mol. The van der Waals surface area contributed by atoms with E-state index in [0.717, 1.165) is 18.9 Å². The molecular weight excluding hydrogens is 405 g/mol. The van der Waals surface area contributed by atoms with E-state index in [0.29, 0.717) is 25.3 Å². The van der Waals surface area contributed by atoms with E-state index >= 15 is 4.39 Å². The maximum atomic E-state index is 15.1. The summed E-state index contributed by atoms with van der Waals surface area (Å²) in [5.41, 5.74) is 5.30. The zero-order chi connectivity index (χ0) is 22.5. The molecular formula is C21H26FN5O4. The summed E-state index contributed by atoms with van der Waals surface area (Å²) in [4.78, 5) is 35.8. The molecule has 9 nitrogen and oxygen atoms in total. The Hall–Kier alpha value is -3.01. The summed E-state index contributed by atoms with van der Waals surface area (Å²) < 4.78 is 16.7. The van der Waals surface area contributed by atoms with Crippen molar-refractivity contribution in [2.45, 2.75) is 45.3 Å². The summed E-state index contributed by atoms with van der Waals surface area (Å²) in [5.74, 6) is -2.05. The minimum atomic E-state index is -1.34. The van der Waals surface area contributed by atoms with Crippen LogP contribution in [0.25, 0.3) is 11.0 Å². The van der Waals surface area contributed by atoms with Crippen LogP contribution in [0.3, 0.4) is 0 Å². The van der Waals surface area contributed by atoms with Crippen molar-refractivity contribution in [3.8, 4) is 0 Å². The van der Waals surface area contributed by atoms with Gasteiger partial charge in [0.05, 0.1) is 17.6 Å². The first-order chi connectivity index (χ1) is 14.6. The number of aromatic carboxylic acids is 1. The van der Waals surface area contributed by atoms with E-state index in [1.165, 1.54) is 6.20 Å². The van der Waals surface area contributed by atoms with Gasteiger partial charge in [-0.2, -0.15) is 0 Å². The number of nitrogens with zero attached hydrogens (tertiary/aromatic N) is 4. The number of fused-ring (bicyclic) bond motifs is 1. The van der Waals surface area contributed by atoms with Crippen LogP contribution in [0.1, 0.15) is 50.0 Å². The molecule has 0 bridgehead atoms. The van der Waals surface area contributed by atoms with Gasteiger partial charge in [-0.15, -0.1) is 0 Å². The highest BCUT2D eigenvalue weighted by atomic mass is 19.1. The quantitative estimate of drug-likeness (QED) is 0.695. The molecule has 4 rings (SSSR count). The minimum Gasteiger partial charge on any atom is -0.477 e. The number of hydrogen-bond donors (Lipinski definition) is 2. The first kappa shape index (κ1) is 21.2. The van der Waals surface area contributed by atoms with Crippen LogP contribution < -0.4 is 16.1 Å². The molecule has 0 spiro atoms. The van der Waals surface area contributed by atoms with Crippen LogP contribution in [0.4, 0.5) is 10.2 Å². The van der Waals surface area contributed by atoms with Gasteiger partial charge in [-0.3, -0.25) is 4.79 Å². The number of oxime groups is 1. The second kappa shape index (κ2) is 7.60. The molecule has 1 atom stereocenters. The topological polar surface area (TPSA) is 123 Å². The maximum absolute atomic E-state index is 15.1. The smallest absolute Gasteiger partial charge is 0.341 e. The van der Waals surface area contributed by atoms with E-state index in [4.69, 9.17) is 10.6 Å². The van der Waals surface area contributed by atoms with E-state index in [9.17, 15) is 14.7 Å². The molecule has 1 saturated carbocycles. The monoisotopic (exact) mass is 431 g/mol. The van der Waals surface area contributed by atoms with Crippen LogP contribution in [0.15, 0.2) is 22.2 Å². The lowest BCUT2D eigenvalue weighted by atomic mass is 10.1. The Bertz CT molecular complexity index is 1130. The molecule has 1 aliphatic heterocycles. The Morgan fingerprint density at radius 2 is 2.13 bits per heavy atom. The van der Waals surface area contributed by atoms with Gasteiger partial charge in [-0.05, 0) is 39.7 Å². The fraction of sp³-hybridized carbons (Fsp3) is 0.524. The number of nitrogens with two attached hydrogens (primary N) is 1. The fourth-order valence-corrected chi connectivity index (χ4v) is 3.67. The molecule has 10 heteroatoms. The van der Waals surface area contributed by atoms with Gasteiger partial charge < -0.3 is 25.1 Å². The normalized spacial score (nSPS) is 20.6. The Labute approximate surface area is 178 Å². The third kappa shape index (κ3) is 4.12. The number of carboxylic acid groups (broad SMARTS) is 1. The van der Waals surface area contributed by atoms with Gasteiger partial charge in [-0.25, -0.2) is 14.2 Å². The third-order valence-electron chi connectivity index (χ3n) is 5.40. The first-order valence-electron chi connectivity index (χ1n) is 10.3. The third-order valence-corrected chi connectivity index (χ3v) is 5.40. The van der Waals surface area contributed by atoms with Gasteiger partial charge in [0, 0.05) is 31.2 Å². The molecule has 2 fully saturated rings. The highest BCUT2D eigenvalue weighted by Crippen LogP contribution is 2.37. The second-order valence-electron chi connectivity index (χ2n) is 9.08. The lowest BCUT2D eigenvalue weighted by molar-refractivity contribution is 0.000172. The molecule has 3 heterocycles. The molecule has 2 aliphatic rings. The van der Waals surface area contributed by atoms with E-state index in [1.54, 1.807) is 9.47 Å². The lowest BCUT2D eigenvalue weighted by Crippen LogP contribution is -2.26. The molecule has 1 unspecified atom stereocenters. The maximum Gasteiger partial charge on any atom is 0.341 e. The van der Waals surface area contributed by atoms with Crippen molar-refractivity contribution < 1.29 is 19.1 Å². The van der Waals surface area contributed by atoms with Crippen LogP contribution in [-0.4, -0.2) is 51.6 Å². The van der Waals surface area contributed by atoms with Gasteiger partial charge in [-0.1, -0.05) is 5.16 Å². The first-order valence-corrected chi connectivity index (χ1v) is 10.3. The summed E-state index contributed by atoms with van der Waals surface area (Å²) in [6, 6.07) is 1.14. The Balaban J connectivity index is 1.78. The van der Waals surface area contributed by atoms with Gasteiger partial charge in [0.2, 0.25) is 5.43 Å². The van der Waals surface area contributed by atoms with Crippen LogP contribution in [0, 0.1) is 11.7 Å². The number of carbonyl (C=O) groups is 1. The molecule has 0 aromatic carbocycles. The number of anilines is 1. The van der Waals surface area contributed by atoms with Gasteiger partial charge >= 0.3 is 5.97 Å². The minimum absolute atomic E-state index is 0.0346. The molecule has 31 heavy (non-hydrogen) atoms. The Kier molecular flexibility index (Phi) is 5.20. The molecule has 2 aromatic rings. The zero-order valence-electron chi connectivity index (χ0n) is 17.8.